The van der Waals surface area contributed by atoms with Crippen molar-refractivity contribution >= 4 is 38.9 Å². The van der Waals surface area contributed by atoms with Gasteiger partial charge in [0, 0.05) is 17.7 Å². The number of nitrogens with one attached hydrogen (secondary N) is 1. The monoisotopic (exact) mass is 306 g/mol. The number of rotatable bonds is 6. The number of anilines is 2. The summed E-state index contributed by atoms with van der Waals surface area (Å²) in [5.41, 5.74) is 5.85. The fourth-order valence-electron chi connectivity index (χ4n) is 1.20. The highest BCUT2D eigenvalue weighted by atomic mass is 32.2. The average Bonchev–Trinajstić information content (AvgIpc) is 2.28. The second-order valence-electron chi connectivity index (χ2n) is 3.97. The molecule has 0 atom stereocenters. The Morgan fingerprint density at radius 3 is 2.79 bits per heavy atom. The fraction of sp³-hybridized carbons (Fsp3) is 0.364. The van der Waals surface area contributed by atoms with Gasteiger partial charge in [-0.15, -0.1) is 0 Å². The van der Waals surface area contributed by atoms with E-state index < -0.39 is 21.6 Å². The van der Waals surface area contributed by atoms with Gasteiger partial charge in [-0.2, -0.15) is 11.8 Å². The summed E-state index contributed by atoms with van der Waals surface area (Å²) in [5, 5.41) is 2.38. The van der Waals surface area contributed by atoms with Crippen molar-refractivity contribution in [1.82, 2.24) is 0 Å². The summed E-state index contributed by atoms with van der Waals surface area (Å²) in [7, 11) is -3.02. The number of benzene rings is 1. The predicted molar refractivity (Wildman–Crippen MR) is 76.5 cm³/mol. The van der Waals surface area contributed by atoms with Crippen molar-refractivity contribution in [2.45, 2.75) is 0 Å². The van der Waals surface area contributed by atoms with E-state index in [1.807, 2.05) is 0 Å². The lowest BCUT2D eigenvalue weighted by Crippen LogP contribution is -2.16. The molecular formula is C11H15FN2O3S2. The van der Waals surface area contributed by atoms with E-state index in [2.05, 4.69) is 5.32 Å². The van der Waals surface area contributed by atoms with Gasteiger partial charge in [0.05, 0.1) is 17.2 Å². The Morgan fingerprint density at radius 2 is 2.16 bits per heavy atom. The number of carbonyl (C=O) groups is 1. The molecule has 1 aromatic rings. The highest BCUT2D eigenvalue weighted by molar-refractivity contribution is 8.01. The molecular weight excluding hydrogens is 291 g/mol. The Labute approximate surface area is 115 Å². The van der Waals surface area contributed by atoms with Gasteiger partial charge in [0.15, 0.2) is 0 Å². The molecule has 0 fully saturated rings. The summed E-state index contributed by atoms with van der Waals surface area (Å²) in [6.07, 6.45) is 1.13. The number of hydrogen-bond acceptors (Lipinski definition) is 5. The first-order chi connectivity index (χ1) is 8.78. The summed E-state index contributed by atoms with van der Waals surface area (Å²) in [5.74, 6) is -0.570. The molecule has 3 N–H and O–H groups in total. The van der Waals surface area contributed by atoms with Crippen molar-refractivity contribution in [2.75, 3.05) is 34.6 Å². The third kappa shape index (κ3) is 6.44. The van der Waals surface area contributed by atoms with Crippen molar-refractivity contribution < 1.29 is 17.6 Å². The van der Waals surface area contributed by atoms with Gasteiger partial charge >= 0.3 is 0 Å². The standard InChI is InChI=1S/C11H15FN2O3S2/c1-19(16,17)5-4-18-7-11(15)14-10-6-8(13)2-3-9(10)12/h2-3,6H,4-5,7,13H2,1H3,(H,14,15). The Hall–Kier alpha value is -1.28. The lowest BCUT2D eigenvalue weighted by atomic mass is 10.2. The molecule has 5 nitrogen and oxygen atoms in total. The summed E-state index contributed by atoms with van der Waals surface area (Å²) in [6, 6.07) is 3.89. The minimum absolute atomic E-state index is 0.0115. The molecule has 0 saturated carbocycles. The zero-order valence-electron chi connectivity index (χ0n) is 10.3. The van der Waals surface area contributed by atoms with Crippen molar-refractivity contribution in [3.8, 4) is 0 Å². The highest BCUT2D eigenvalue weighted by Crippen LogP contribution is 2.17. The molecule has 0 aliphatic heterocycles. The molecule has 0 aliphatic carbocycles. The van der Waals surface area contributed by atoms with Crippen LogP contribution in [0, 0.1) is 5.82 Å². The minimum Gasteiger partial charge on any atom is -0.399 e. The lowest BCUT2D eigenvalue weighted by Gasteiger charge is -2.07. The second kappa shape index (κ2) is 6.76. The molecule has 1 rings (SSSR count). The number of nitrogen functional groups attached to an aromatic ring is 1. The summed E-state index contributed by atoms with van der Waals surface area (Å²) in [6.45, 7) is 0. The predicted octanol–water partition coefficient (Wildman–Crippen LogP) is 1.12. The highest BCUT2D eigenvalue weighted by Gasteiger charge is 2.08. The molecule has 0 spiro atoms. The SMILES string of the molecule is CS(=O)(=O)CCSCC(=O)Nc1cc(N)ccc1F. The zero-order chi connectivity index (χ0) is 14.5. The normalized spacial score (nSPS) is 11.3. The number of amides is 1. The molecule has 0 saturated heterocycles. The molecule has 0 aromatic heterocycles. The summed E-state index contributed by atoms with van der Waals surface area (Å²) < 4.78 is 35.1. The fourth-order valence-corrected chi connectivity index (χ4v) is 3.28. The van der Waals surface area contributed by atoms with E-state index in [-0.39, 0.29) is 17.2 Å². The third-order valence-corrected chi connectivity index (χ3v) is 4.26. The maximum Gasteiger partial charge on any atom is 0.234 e. The molecule has 0 heterocycles. The Bertz CT molecular complexity index is 561. The molecule has 0 radical (unpaired) electrons. The van der Waals surface area contributed by atoms with E-state index in [9.17, 15) is 17.6 Å². The summed E-state index contributed by atoms with van der Waals surface area (Å²) in [4.78, 5) is 11.5. The minimum atomic E-state index is -3.02. The average molecular weight is 306 g/mol. The van der Waals surface area contributed by atoms with Crippen LogP contribution in [0.2, 0.25) is 0 Å². The Morgan fingerprint density at radius 1 is 1.47 bits per heavy atom. The topological polar surface area (TPSA) is 89.3 Å². The van der Waals surface area contributed by atoms with Crippen LogP contribution in [0.25, 0.3) is 0 Å². The third-order valence-electron chi connectivity index (χ3n) is 2.10. The van der Waals surface area contributed by atoms with Crippen LogP contribution in [0.5, 0.6) is 0 Å². The first kappa shape index (κ1) is 15.8. The van der Waals surface area contributed by atoms with Crippen molar-refractivity contribution in [3.63, 3.8) is 0 Å². The number of thioether (sulfide) groups is 1. The van der Waals surface area contributed by atoms with Crippen molar-refractivity contribution in [3.05, 3.63) is 24.0 Å². The van der Waals surface area contributed by atoms with Crippen LogP contribution in [0.1, 0.15) is 0 Å². The number of nitrogens with two attached hydrogens (primary N) is 1. The number of halogens is 1. The molecule has 0 bridgehead atoms. The van der Waals surface area contributed by atoms with Gasteiger partial charge in [-0.3, -0.25) is 4.79 Å². The molecule has 1 amide bonds. The molecule has 19 heavy (non-hydrogen) atoms. The maximum atomic E-state index is 13.3. The van der Waals surface area contributed by atoms with Gasteiger partial charge in [0.2, 0.25) is 5.91 Å². The van der Waals surface area contributed by atoms with Crippen molar-refractivity contribution in [1.29, 1.82) is 0 Å². The van der Waals surface area contributed by atoms with Gasteiger partial charge in [-0.25, -0.2) is 12.8 Å². The molecule has 0 aliphatic rings. The second-order valence-corrected chi connectivity index (χ2v) is 7.33. The number of carbonyl (C=O) groups excluding carboxylic acids is 1. The van der Waals surface area contributed by atoms with E-state index in [0.29, 0.717) is 11.4 Å². The molecule has 1 aromatic carbocycles. The van der Waals surface area contributed by atoms with Gasteiger partial charge in [-0.05, 0) is 18.2 Å². The van der Waals surface area contributed by atoms with Crippen LogP contribution >= 0.6 is 11.8 Å². The van der Waals surface area contributed by atoms with Crippen LogP contribution in [-0.2, 0) is 14.6 Å². The van der Waals surface area contributed by atoms with Crippen LogP contribution in [0.4, 0.5) is 15.8 Å². The smallest absolute Gasteiger partial charge is 0.234 e. The van der Waals surface area contributed by atoms with E-state index in [1.165, 1.54) is 30.0 Å². The van der Waals surface area contributed by atoms with E-state index in [0.717, 1.165) is 6.26 Å². The van der Waals surface area contributed by atoms with Gasteiger partial charge < -0.3 is 11.1 Å². The van der Waals surface area contributed by atoms with E-state index in [1.54, 1.807) is 0 Å². The van der Waals surface area contributed by atoms with Gasteiger partial charge in [0.25, 0.3) is 0 Å². The van der Waals surface area contributed by atoms with Crippen LogP contribution in [-0.4, -0.2) is 37.8 Å². The summed E-state index contributed by atoms with van der Waals surface area (Å²) >= 11 is 1.17. The zero-order valence-corrected chi connectivity index (χ0v) is 12.0. The molecule has 106 valence electrons. The van der Waals surface area contributed by atoms with E-state index in [4.69, 9.17) is 5.73 Å². The lowest BCUT2D eigenvalue weighted by molar-refractivity contribution is -0.113. The van der Waals surface area contributed by atoms with Gasteiger partial charge in [-0.1, -0.05) is 0 Å². The Kier molecular flexibility index (Phi) is 5.61. The molecule has 0 unspecified atom stereocenters. The van der Waals surface area contributed by atoms with Gasteiger partial charge in [0.1, 0.15) is 15.7 Å². The van der Waals surface area contributed by atoms with Crippen LogP contribution < -0.4 is 11.1 Å². The number of hydrogen-bond donors (Lipinski definition) is 2. The largest absolute Gasteiger partial charge is 0.399 e. The van der Waals surface area contributed by atoms with Crippen molar-refractivity contribution in [2.24, 2.45) is 0 Å². The molecule has 8 heteroatoms. The first-order valence-electron chi connectivity index (χ1n) is 5.38. The quantitative estimate of drug-likeness (QED) is 0.607. The Balaban J connectivity index is 2.41. The van der Waals surface area contributed by atoms with E-state index >= 15 is 0 Å². The first-order valence-corrected chi connectivity index (χ1v) is 8.60. The maximum absolute atomic E-state index is 13.3. The number of sulfone groups is 1. The van der Waals surface area contributed by atoms with Crippen LogP contribution in [0.3, 0.4) is 0 Å². The van der Waals surface area contributed by atoms with Crippen LogP contribution in [0.15, 0.2) is 18.2 Å².